The average Bonchev–Trinajstić information content (AvgIpc) is 2.70. The lowest BCUT2D eigenvalue weighted by atomic mass is 9.55. The van der Waals surface area contributed by atoms with E-state index in [0.29, 0.717) is 15.5 Å². The van der Waals surface area contributed by atoms with Crippen LogP contribution in [0, 0.1) is 5.41 Å². The molecule has 0 atom stereocenters. The van der Waals surface area contributed by atoms with Gasteiger partial charge >= 0.3 is 0 Å². The Morgan fingerprint density at radius 3 is 2.24 bits per heavy atom. The Labute approximate surface area is 112 Å². The minimum Gasteiger partial charge on any atom is -0.321 e. The Bertz CT molecular complexity index is 442. The lowest BCUT2D eigenvalue weighted by Crippen LogP contribution is -2.54. The molecule has 1 aromatic rings. The second kappa shape index (κ2) is 3.88. The molecule has 1 spiro atoms. The van der Waals surface area contributed by atoms with E-state index in [4.69, 9.17) is 28.9 Å². The normalized spacial score (nSPS) is 24.9. The van der Waals surface area contributed by atoms with E-state index in [1.165, 1.54) is 25.7 Å². The Kier molecular flexibility index (Phi) is 2.70. The van der Waals surface area contributed by atoms with Gasteiger partial charge in [0, 0.05) is 5.54 Å². The van der Waals surface area contributed by atoms with E-state index < -0.39 is 0 Å². The van der Waals surface area contributed by atoms with Gasteiger partial charge in [-0.2, -0.15) is 0 Å². The van der Waals surface area contributed by atoms with Crippen molar-refractivity contribution in [2.24, 2.45) is 11.1 Å². The highest BCUT2D eigenvalue weighted by atomic mass is 35.5. The summed E-state index contributed by atoms with van der Waals surface area (Å²) in [7, 11) is 0. The van der Waals surface area contributed by atoms with Crippen LogP contribution in [0.1, 0.15) is 44.1 Å². The summed E-state index contributed by atoms with van der Waals surface area (Å²) in [5.41, 5.74) is 8.01. The molecule has 92 valence electrons. The van der Waals surface area contributed by atoms with Gasteiger partial charge in [0.25, 0.3) is 0 Å². The molecule has 1 aromatic carbocycles. The van der Waals surface area contributed by atoms with Crippen LogP contribution in [0.25, 0.3) is 0 Å². The third-order valence-corrected chi connectivity index (χ3v) is 5.28. The van der Waals surface area contributed by atoms with Crippen molar-refractivity contribution >= 4 is 23.2 Å². The molecule has 0 radical (unpaired) electrons. The SMILES string of the molecule is NC1(c2ccc(Cl)c(Cl)c2)CC2(CCCC2)C1. The van der Waals surface area contributed by atoms with Crippen LogP contribution in [0.15, 0.2) is 18.2 Å². The molecule has 0 saturated heterocycles. The number of hydrogen-bond donors (Lipinski definition) is 1. The first-order valence-corrected chi connectivity index (χ1v) is 7.03. The third-order valence-electron chi connectivity index (χ3n) is 4.54. The molecule has 2 N–H and O–H groups in total. The van der Waals surface area contributed by atoms with Crippen molar-refractivity contribution in [1.29, 1.82) is 0 Å². The standard InChI is InChI=1S/C14H17Cl2N/c15-11-4-3-10(7-12(11)16)14(17)8-13(9-14)5-1-2-6-13/h3-4,7H,1-2,5-6,8-9,17H2. The molecule has 2 fully saturated rings. The van der Waals surface area contributed by atoms with Crippen LogP contribution < -0.4 is 5.73 Å². The first-order chi connectivity index (χ1) is 8.03. The molecule has 0 amide bonds. The molecule has 3 heteroatoms. The maximum Gasteiger partial charge on any atom is 0.0595 e. The minimum atomic E-state index is -0.168. The van der Waals surface area contributed by atoms with E-state index in [2.05, 4.69) is 0 Å². The molecule has 17 heavy (non-hydrogen) atoms. The number of halogens is 2. The Morgan fingerprint density at radius 2 is 1.65 bits per heavy atom. The second-order valence-corrected chi connectivity index (χ2v) is 6.66. The summed E-state index contributed by atoms with van der Waals surface area (Å²) in [5, 5.41) is 1.22. The zero-order valence-electron chi connectivity index (χ0n) is 9.81. The fraction of sp³-hybridized carbons (Fsp3) is 0.571. The van der Waals surface area contributed by atoms with Crippen molar-refractivity contribution in [2.75, 3.05) is 0 Å². The van der Waals surface area contributed by atoms with Crippen molar-refractivity contribution in [3.8, 4) is 0 Å². The zero-order chi connectivity index (χ0) is 12.1. The van der Waals surface area contributed by atoms with Crippen molar-refractivity contribution < 1.29 is 0 Å². The van der Waals surface area contributed by atoms with Gasteiger partial charge in [-0.25, -0.2) is 0 Å². The van der Waals surface area contributed by atoms with Crippen LogP contribution in [-0.4, -0.2) is 0 Å². The van der Waals surface area contributed by atoms with Gasteiger partial charge in [-0.15, -0.1) is 0 Å². The maximum atomic E-state index is 6.50. The highest BCUT2D eigenvalue weighted by Gasteiger charge is 2.53. The van der Waals surface area contributed by atoms with Gasteiger partial charge < -0.3 is 5.73 Å². The van der Waals surface area contributed by atoms with Gasteiger partial charge in [0.1, 0.15) is 0 Å². The summed E-state index contributed by atoms with van der Waals surface area (Å²) in [6.45, 7) is 0. The lowest BCUT2D eigenvalue weighted by Gasteiger charge is -2.53. The summed E-state index contributed by atoms with van der Waals surface area (Å²) in [6.07, 6.45) is 7.67. The molecule has 2 aliphatic rings. The lowest BCUT2D eigenvalue weighted by molar-refractivity contribution is 0.0313. The molecule has 0 aromatic heterocycles. The Hall–Kier alpha value is -0.240. The van der Waals surface area contributed by atoms with Gasteiger partial charge in [-0.05, 0) is 48.8 Å². The maximum absolute atomic E-state index is 6.50. The zero-order valence-corrected chi connectivity index (χ0v) is 11.3. The van der Waals surface area contributed by atoms with E-state index in [-0.39, 0.29) is 5.54 Å². The predicted molar refractivity (Wildman–Crippen MR) is 72.5 cm³/mol. The summed E-state index contributed by atoms with van der Waals surface area (Å²) in [6, 6.07) is 5.81. The topological polar surface area (TPSA) is 26.0 Å². The van der Waals surface area contributed by atoms with Crippen LogP contribution in [-0.2, 0) is 5.54 Å². The fourth-order valence-electron chi connectivity index (χ4n) is 3.78. The van der Waals surface area contributed by atoms with Crippen molar-refractivity contribution in [3.63, 3.8) is 0 Å². The van der Waals surface area contributed by atoms with E-state index in [1.54, 1.807) is 0 Å². The van der Waals surface area contributed by atoms with E-state index in [9.17, 15) is 0 Å². The molecule has 3 rings (SSSR count). The van der Waals surface area contributed by atoms with Gasteiger partial charge in [0.2, 0.25) is 0 Å². The van der Waals surface area contributed by atoms with Crippen LogP contribution in [0.2, 0.25) is 10.0 Å². The highest BCUT2D eigenvalue weighted by Crippen LogP contribution is 2.60. The fourth-order valence-corrected chi connectivity index (χ4v) is 4.07. The van der Waals surface area contributed by atoms with Gasteiger partial charge in [-0.1, -0.05) is 42.1 Å². The molecule has 0 aliphatic heterocycles. The second-order valence-electron chi connectivity index (χ2n) is 5.85. The molecular formula is C14H17Cl2N. The largest absolute Gasteiger partial charge is 0.321 e. The Balaban J connectivity index is 1.83. The summed E-state index contributed by atoms with van der Waals surface area (Å²) in [4.78, 5) is 0. The van der Waals surface area contributed by atoms with Crippen LogP contribution >= 0.6 is 23.2 Å². The van der Waals surface area contributed by atoms with Crippen molar-refractivity contribution in [2.45, 2.75) is 44.1 Å². The van der Waals surface area contributed by atoms with Crippen LogP contribution in [0.4, 0.5) is 0 Å². The number of benzene rings is 1. The molecule has 1 nitrogen and oxygen atoms in total. The van der Waals surface area contributed by atoms with Gasteiger partial charge in [0.05, 0.1) is 10.0 Å². The third kappa shape index (κ3) is 1.89. The first-order valence-electron chi connectivity index (χ1n) is 6.28. The van der Waals surface area contributed by atoms with E-state index >= 15 is 0 Å². The number of rotatable bonds is 1. The molecule has 2 saturated carbocycles. The summed E-state index contributed by atoms with van der Waals surface area (Å²) >= 11 is 12.0. The van der Waals surface area contributed by atoms with Gasteiger partial charge in [-0.3, -0.25) is 0 Å². The molecule has 0 bridgehead atoms. The monoisotopic (exact) mass is 269 g/mol. The molecule has 0 heterocycles. The molecular weight excluding hydrogens is 253 g/mol. The predicted octanol–water partition coefficient (Wildman–Crippen LogP) is 4.50. The molecule has 0 unspecified atom stereocenters. The van der Waals surface area contributed by atoms with Crippen LogP contribution in [0.5, 0.6) is 0 Å². The molecule has 2 aliphatic carbocycles. The average molecular weight is 270 g/mol. The van der Waals surface area contributed by atoms with Crippen molar-refractivity contribution in [3.05, 3.63) is 33.8 Å². The quantitative estimate of drug-likeness (QED) is 0.798. The smallest absolute Gasteiger partial charge is 0.0595 e. The van der Waals surface area contributed by atoms with Crippen molar-refractivity contribution in [1.82, 2.24) is 0 Å². The Morgan fingerprint density at radius 1 is 1.00 bits per heavy atom. The van der Waals surface area contributed by atoms with E-state index in [1.807, 2.05) is 18.2 Å². The van der Waals surface area contributed by atoms with E-state index in [0.717, 1.165) is 18.4 Å². The summed E-state index contributed by atoms with van der Waals surface area (Å²) in [5.74, 6) is 0. The summed E-state index contributed by atoms with van der Waals surface area (Å²) < 4.78 is 0. The number of nitrogens with two attached hydrogens (primary N) is 1. The minimum absolute atomic E-state index is 0.168. The number of hydrogen-bond acceptors (Lipinski definition) is 1. The van der Waals surface area contributed by atoms with Crippen LogP contribution in [0.3, 0.4) is 0 Å². The van der Waals surface area contributed by atoms with Gasteiger partial charge in [0.15, 0.2) is 0 Å². The highest BCUT2D eigenvalue weighted by molar-refractivity contribution is 6.42. The first kappa shape index (κ1) is 11.8.